The van der Waals surface area contributed by atoms with Crippen molar-refractivity contribution >= 4 is 5.84 Å². The lowest BCUT2D eigenvalue weighted by Crippen LogP contribution is -2.29. The zero-order valence-electron chi connectivity index (χ0n) is 11.8. The molecular weight excluding hydrogens is 266 g/mol. The van der Waals surface area contributed by atoms with Gasteiger partial charge in [0.05, 0.1) is 18.4 Å². The standard InChI is InChI=1S/C16H17N3O2/c1-21-12-6-2-10(3-7-12)14-9-8-13(15(17)18)16(20)19(14)11-4-5-11/h2-3,6-9,11H,4-5H2,1H3,(H3,17,18). The zero-order valence-corrected chi connectivity index (χ0v) is 11.8. The summed E-state index contributed by atoms with van der Waals surface area (Å²) in [6.07, 6.45) is 1.98. The Morgan fingerprint density at radius 2 is 1.90 bits per heavy atom. The first kappa shape index (κ1) is 13.4. The molecule has 21 heavy (non-hydrogen) atoms. The van der Waals surface area contributed by atoms with Crippen LogP contribution in [-0.2, 0) is 0 Å². The van der Waals surface area contributed by atoms with Crippen LogP contribution in [0.1, 0.15) is 24.4 Å². The SMILES string of the molecule is COc1ccc(-c2ccc(C(=N)N)c(=O)n2C2CC2)cc1. The maximum absolute atomic E-state index is 12.5. The Balaban J connectivity index is 2.15. The molecule has 3 N–H and O–H groups in total. The van der Waals surface area contributed by atoms with Crippen LogP contribution in [0.4, 0.5) is 0 Å². The fraction of sp³-hybridized carbons (Fsp3) is 0.250. The Hall–Kier alpha value is -2.56. The third-order valence-electron chi connectivity index (χ3n) is 3.70. The number of benzene rings is 1. The highest BCUT2D eigenvalue weighted by atomic mass is 16.5. The topological polar surface area (TPSA) is 81.1 Å². The molecule has 0 spiro atoms. The average Bonchev–Trinajstić information content (AvgIpc) is 3.31. The number of nitrogens with one attached hydrogen (secondary N) is 1. The van der Waals surface area contributed by atoms with Gasteiger partial charge in [-0.25, -0.2) is 0 Å². The number of nitrogens with zero attached hydrogens (tertiary/aromatic N) is 1. The monoisotopic (exact) mass is 283 g/mol. The van der Waals surface area contributed by atoms with Crippen molar-refractivity contribution in [1.29, 1.82) is 5.41 Å². The first-order chi connectivity index (χ1) is 10.1. The largest absolute Gasteiger partial charge is 0.497 e. The molecule has 108 valence electrons. The van der Waals surface area contributed by atoms with Crippen LogP contribution in [0.2, 0.25) is 0 Å². The molecule has 1 aliphatic carbocycles. The maximum Gasteiger partial charge on any atom is 0.262 e. The van der Waals surface area contributed by atoms with E-state index in [9.17, 15) is 4.79 Å². The summed E-state index contributed by atoms with van der Waals surface area (Å²) in [5.41, 5.74) is 7.38. The van der Waals surface area contributed by atoms with Crippen molar-refractivity contribution in [2.75, 3.05) is 7.11 Å². The predicted octanol–water partition coefficient (Wildman–Crippen LogP) is 2.14. The van der Waals surface area contributed by atoms with Crippen molar-refractivity contribution in [3.05, 3.63) is 52.3 Å². The van der Waals surface area contributed by atoms with E-state index in [-0.39, 0.29) is 23.0 Å². The molecular formula is C16H17N3O2. The third-order valence-corrected chi connectivity index (χ3v) is 3.70. The van der Waals surface area contributed by atoms with Gasteiger partial charge < -0.3 is 15.0 Å². The zero-order chi connectivity index (χ0) is 15.0. The lowest BCUT2D eigenvalue weighted by molar-refractivity contribution is 0.415. The normalized spacial score (nSPS) is 14.0. The average molecular weight is 283 g/mol. The lowest BCUT2D eigenvalue weighted by Gasteiger charge is -2.14. The summed E-state index contributed by atoms with van der Waals surface area (Å²) in [5.74, 6) is 0.593. The number of rotatable bonds is 4. The second-order valence-electron chi connectivity index (χ2n) is 5.18. The smallest absolute Gasteiger partial charge is 0.262 e. The van der Waals surface area contributed by atoms with Gasteiger partial charge in [0, 0.05) is 6.04 Å². The third kappa shape index (κ3) is 2.42. The van der Waals surface area contributed by atoms with Crippen molar-refractivity contribution in [2.45, 2.75) is 18.9 Å². The second-order valence-corrected chi connectivity index (χ2v) is 5.18. The van der Waals surface area contributed by atoms with Gasteiger partial charge in [-0.05, 0) is 54.8 Å². The van der Waals surface area contributed by atoms with Crippen LogP contribution in [0.3, 0.4) is 0 Å². The Morgan fingerprint density at radius 1 is 1.24 bits per heavy atom. The van der Waals surface area contributed by atoms with Gasteiger partial charge in [-0.3, -0.25) is 10.2 Å². The molecule has 3 rings (SSSR count). The number of hydrogen-bond acceptors (Lipinski definition) is 3. The summed E-state index contributed by atoms with van der Waals surface area (Å²) in [4.78, 5) is 12.5. The molecule has 0 unspecified atom stereocenters. The molecule has 1 fully saturated rings. The molecule has 0 aliphatic heterocycles. The quantitative estimate of drug-likeness (QED) is 0.666. The highest BCUT2D eigenvalue weighted by Gasteiger charge is 2.28. The van der Waals surface area contributed by atoms with E-state index in [0.717, 1.165) is 29.8 Å². The molecule has 0 bridgehead atoms. The Labute approximate surface area is 122 Å². The molecule has 0 saturated heterocycles. The molecule has 5 heteroatoms. The van der Waals surface area contributed by atoms with Gasteiger partial charge in [0.2, 0.25) is 0 Å². The van der Waals surface area contributed by atoms with E-state index < -0.39 is 0 Å². The molecule has 2 aromatic rings. The van der Waals surface area contributed by atoms with Gasteiger partial charge in [0.15, 0.2) is 0 Å². The summed E-state index contributed by atoms with van der Waals surface area (Å²) in [6.45, 7) is 0. The number of pyridine rings is 1. The summed E-state index contributed by atoms with van der Waals surface area (Å²) < 4.78 is 6.92. The van der Waals surface area contributed by atoms with Crippen LogP contribution in [0.15, 0.2) is 41.2 Å². The van der Waals surface area contributed by atoms with Gasteiger partial charge in [0.1, 0.15) is 11.6 Å². The van der Waals surface area contributed by atoms with E-state index in [0.29, 0.717) is 0 Å². The molecule has 0 radical (unpaired) electrons. The minimum atomic E-state index is -0.185. The van der Waals surface area contributed by atoms with Gasteiger partial charge >= 0.3 is 0 Å². The Kier molecular flexibility index (Phi) is 3.25. The van der Waals surface area contributed by atoms with Crippen molar-refractivity contribution in [1.82, 2.24) is 4.57 Å². The summed E-state index contributed by atoms with van der Waals surface area (Å²) >= 11 is 0. The van der Waals surface area contributed by atoms with Crippen LogP contribution in [0.25, 0.3) is 11.3 Å². The van der Waals surface area contributed by atoms with Crippen molar-refractivity contribution in [3.8, 4) is 17.0 Å². The van der Waals surface area contributed by atoms with Crippen molar-refractivity contribution in [3.63, 3.8) is 0 Å². The molecule has 1 saturated carbocycles. The van der Waals surface area contributed by atoms with Gasteiger partial charge in [-0.2, -0.15) is 0 Å². The van der Waals surface area contributed by atoms with Crippen LogP contribution in [-0.4, -0.2) is 17.5 Å². The minimum Gasteiger partial charge on any atom is -0.497 e. The van der Waals surface area contributed by atoms with Crippen molar-refractivity contribution in [2.24, 2.45) is 5.73 Å². The fourth-order valence-corrected chi connectivity index (χ4v) is 2.45. The summed E-state index contributed by atoms with van der Waals surface area (Å²) in [7, 11) is 1.62. The van der Waals surface area contributed by atoms with E-state index in [1.807, 2.05) is 30.3 Å². The van der Waals surface area contributed by atoms with E-state index in [4.69, 9.17) is 15.9 Å². The Bertz CT molecular complexity index is 743. The fourth-order valence-electron chi connectivity index (χ4n) is 2.45. The molecule has 0 amide bonds. The van der Waals surface area contributed by atoms with Gasteiger partial charge in [-0.15, -0.1) is 0 Å². The van der Waals surface area contributed by atoms with Crippen LogP contribution >= 0.6 is 0 Å². The van der Waals surface area contributed by atoms with Crippen LogP contribution in [0, 0.1) is 5.41 Å². The number of hydrogen-bond donors (Lipinski definition) is 2. The molecule has 1 heterocycles. The maximum atomic E-state index is 12.5. The number of nitrogen functional groups attached to an aromatic ring is 1. The minimum absolute atomic E-state index is 0.182. The highest BCUT2D eigenvalue weighted by molar-refractivity contribution is 5.94. The van der Waals surface area contributed by atoms with Crippen molar-refractivity contribution < 1.29 is 4.74 Å². The molecule has 1 aromatic heterocycles. The number of amidine groups is 1. The molecule has 1 aliphatic rings. The number of aromatic nitrogens is 1. The van der Waals surface area contributed by atoms with E-state index in [1.165, 1.54) is 0 Å². The Morgan fingerprint density at radius 3 is 2.43 bits per heavy atom. The van der Waals surface area contributed by atoms with Gasteiger partial charge in [0.25, 0.3) is 5.56 Å². The second kappa shape index (κ2) is 5.09. The number of methoxy groups -OCH3 is 1. The summed E-state index contributed by atoms with van der Waals surface area (Å²) in [6, 6.07) is 11.3. The van der Waals surface area contributed by atoms with E-state index >= 15 is 0 Å². The van der Waals surface area contributed by atoms with E-state index in [1.54, 1.807) is 17.7 Å². The number of nitrogens with two attached hydrogens (primary N) is 1. The first-order valence-corrected chi connectivity index (χ1v) is 6.86. The summed E-state index contributed by atoms with van der Waals surface area (Å²) in [5, 5.41) is 7.51. The van der Waals surface area contributed by atoms with Crippen LogP contribution < -0.4 is 16.0 Å². The van der Waals surface area contributed by atoms with Crippen LogP contribution in [0.5, 0.6) is 5.75 Å². The molecule has 0 atom stereocenters. The number of ether oxygens (including phenoxy) is 1. The van der Waals surface area contributed by atoms with E-state index in [2.05, 4.69) is 0 Å². The predicted molar refractivity (Wildman–Crippen MR) is 82.0 cm³/mol. The molecule has 1 aromatic carbocycles. The molecule has 5 nitrogen and oxygen atoms in total. The lowest BCUT2D eigenvalue weighted by atomic mass is 10.1. The van der Waals surface area contributed by atoms with Gasteiger partial charge in [-0.1, -0.05) is 0 Å². The highest BCUT2D eigenvalue weighted by Crippen LogP contribution is 2.37. The first-order valence-electron chi connectivity index (χ1n) is 6.86.